The summed E-state index contributed by atoms with van der Waals surface area (Å²) in [5.74, 6) is 0. The Labute approximate surface area is 163 Å². The Bertz CT molecular complexity index is 969. The lowest BCUT2D eigenvalue weighted by molar-refractivity contribution is 0.284. The van der Waals surface area contributed by atoms with E-state index in [1.165, 1.54) is 38.7 Å². The average molecular weight is 381 g/mol. The molecule has 1 heterocycles. The van der Waals surface area contributed by atoms with Gasteiger partial charge in [0.1, 0.15) is 0 Å². The van der Waals surface area contributed by atoms with Gasteiger partial charge in [0.2, 0.25) is 0 Å². The van der Waals surface area contributed by atoms with Gasteiger partial charge in [-0.3, -0.25) is 0 Å². The first-order valence-electron chi connectivity index (χ1n) is 9.51. The van der Waals surface area contributed by atoms with Crippen LogP contribution in [0.1, 0.15) is 55.4 Å². The molecule has 2 atom stereocenters. The zero-order chi connectivity index (χ0) is 19.2. The largest absolute Gasteiger partial charge is 0.0832 e. The summed E-state index contributed by atoms with van der Waals surface area (Å²) in [6.07, 6.45) is 0. The van der Waals surface area contributed by atoms with Crippen LogP contribution in [-0.4, -0.2) is 0 Å². The van der Waals surface area contributed by atoms with E-state index in [-0.39, 0.29) is 10.8 Å². The Kier molecular flexibility index (Phi) is 3.65. The van der Waals surface area contributed by atoms with E-state index in [9.17, 15) is 0 Å². The molecule has 1 saturated heterocycles. The molecule has 0 aromatic heterocycles. The average Bonchev–Trinajstić information content (AvgIpc) is 3.01. The van der Waals surface area contributed by atoms with Gasteiger partial charge in [0, 0.05) is 16.9 Å². The van der Waals surface area contributed by atoms with E-state index in [0.29, 0.717) is 0 Å². The van der Waals surface area contributed by atoms with Gasteiger partial charge >= 0.3 is 0 Å². The monoisotopic (exact) mass is 380 g/mol. The summed E-state index contributed by atoms with van der Waals surface area (Å²) in [4.78, 5) is 0. The van der Waals surface area contributed by atoms with Crippen molar-refractivity contribution in [2.75, 3.05) is 0 Å². The van der Waals surface area contributed by atoms with E-state index < -0.39 is 6.04 Å². The third-order valence-electron chi connectivity index (χ3n) is 8.16. The van der Waals surface area contributed by atoms with Crippen LogP contribution in [0, 0.1) is 10.8 Å². The number of rotatable bonds is 1. The first-order valence-corrected chi connectivity index (χ1v) is 12.3. The molecular weight excluding hydrogens is 351 g/mol. The third kappa shape index (κ3) is 1.62. The summed E-state index contributed by atoms with van der Waals surface area (Å²) < 4.78 is 0. The SMILES string of the molecule is CC1=C(C)[C@]2(C)C(=C1C)P(=S)(c1ccccc1)C1=C(C)C(C)=C(C)[C@]12C. The Morgan fingerprint density at radius 2 is 1.04 bits per heavy atom. The molecule has 1 aliphatic heterocycles. The second kappa shape index (κ2) is 5.21. The maximum atomic E-state index is 6.76. The van der Waals surface area contributed by atoms with Gasteiger partial charge in [0.15, 0.2) is 0 Å². The highest BCUT2D eigenvalue weighted by molar-refractivity contribution is 8.22. The van der Waals surface area contributed by atoms with Crippen molar-refractivity contribution in [1.82, 2.24) is 0 Å². The molecule has 4 rings (SSSR count). The predicted octanol–water partition coefficient (Wildman–Crippen LogP) is 7.07. The number of fused-ring (bicyclic) bond motifs is 3. The molecule has 136 valence electrons. The van der Waals surface area contributed by atoms with Crippen molar-refractivity contribution in [2.24, 2.45) is 10.8 Å². The molecule has 3 aliphatic rings. The van der Waals surface area contributed by atoms with Gasteiger partial charge in [0.25, 0.3) is 0 Å². The number of hydrogen-bond donors (Lipinski definition) is 0. The Balaban J connectivity index is 2.23. The normalized spacial score (nSPS) is 32.8. The van der Waals surface area contributed by atoms with Gasteiger partial charge in [-0.25, -0.2) is 0 Å². The summed E-state index contributed by atoms with van der Waals surface area (Å²) in [6.45, 7) is 18.9. The third-order valence-corrected chi connectivity index (χ3v) is 13.7. The maximum Gasteiger partial charge on any atom is 0.0325 e. The van der Waals surface area contributed by atoms with Gasteiger partial charge in [-0.2, -0.15) is 0 Å². The van der Waals surface area contributed by atoms with Crippen LogP contribution in [0.3, 0.4) is 0 Å². The molecule has 0 N–H and O–H groups in total. The summed E-state index contributed by atoms with van der Waals surface area (Å²) in [5, 5.41) is 4.48. The number of allylic oxidation sites excluding steroid dienone is 8. The van der Waals surface area contributed by atoms with Crippen molar-refractivity contribution < 1.29 is 0 Å². The van der Waals surface area contributed by atoms with Crippen LogP contribution in [0.5, 0.6) is 0 Å². The van der Waals surface area contributed by atoms with Gasteiger partial charge in [-0.15, -0.1) is 0 Å². The maximum absolute atomic E-state index is 6.76. The Hall–Kier alpha value is -1.17. The van der Waals surface area contributed by atoms with E-state index in [2.05, 4.69) is 85.7 Å². The standard InChI is InChI=1S/C24H29PS/c1-14-16(3)21-23(7,18(14)5)24(8)19(6)15(2)17(4)22(24)25(21,26)20-12-10-9-11-13-20/h9-13H,1-8H3/t23-,24-/m1/s1. The van der Waals surface area contributed by atoms with Crippen LogP contribution in [0.4, 0.5) is 0 Å². The molecule has 0 bridgehead atoms. The van der Waals surface area contributed by atoms with Crippen molar-refractivity contribution in [1.29, 1.82) is 0 Å². The first-order chi connectivity index (χ1) is 12.1. The molecule has 0 nitrogen and oxygen atoms in total. The van der Waals surface area contributed by atoms with E-state index in [0.717, 1.165) is 0 Å². The van der Waals surface area contributed by atoms with Gasteiger partial charge in [-0.1, -0.05) is 67.1 Å². The Morgan fingerprint density at radius 1 is 0.654 bits per heavy atom. The number of benzene rings is 1. The molecule has 0 radical (unpaired) electrons. The van der Waals surface area contributed by atoms with Crippen LogP contribution in [-0.2, 0) is 11.8 Å². The summed E-state index contributed by atoms with van der Waals surface area (Å²) in [5.41, 5.74) is 8.89. The minimum absolute atomic E-state index is 0.00493. The van der Waals surface area contributed by atoms with Gasteiger partial charge < -0.3 is 0 Å². The zero-order valence-electron chi connectivity index (χ0n) is 17.2. The first kappa shape index (κ1) is 18.2. The molecule has 1 aromatic rings. The van der Waals surface area contributed by atoms with E-state index >= 15 is 0 Å². The quantitative estimate of drug-likeness (QED) is 0.470. The van der Waals surface area contributed by atoms with Crippen LogP contribution in [0.2, 0.25) is 0 Å². The molecule has 1 fully saturated rings. The lowest BCUT2D eigenvalue weighted by atomic mass is 9.60. The smallest absolute Gasteiger partial charge is 0.0325 e. The molecule has 2 aliphatic carbocycles. The molecule has 2 heteroatoms. The van der Waals surface area contributed by atoms with E-state index in [4.69, 9.17) is 11.8 Å². The van der Waals surface area contributed by atoms with Crippen LogP contribution in [0.25, 0.3) is 0 Å². The van der Waals surface area contributed by atoms with Crippen molar-refractivity contribution >= 4 is 23.1 Å². The van der Waals surface area contributed by atoms with Crippen molar-refractivity contribution in [3.63, 3.8) is 0 Å². The van der Waals surface area contributed by atoms with E-state index in [1.54, 1.807) is 10.6 Å². The fourth-order valence-electron chi connectivity index (χ4n) is 6.11. The molecule has 0 amide bonds. The fraction of sp³-hybridized carbons (Fsp3) is 0.417. The molecule has 0 spiro atoms. The highest BCUT2D eigenvalue weighted by Gasteiger charge is 2.68. The lowest BCUT2D eigenvalue weighted by Crippen LogP contribution is -2.34. The molecule has 0 saturated carbocycles. The topological polar surface area (TPSA) is 0 Å². The van der Waals surface area contributed by atoms with E-state index in [1.807, 2.05) is 0 Å². The minimum atomic E-state index is -2.01. The summed E-state index contributed by atoms with van der Waals surface area (Å²) in [6, 6.07) is 8.97. The zero-order valence-corrected chi connectivity index (χ0v) is 19.0. The second-order valence-electron chi connectivity index (χ2n) is 8.64. The van der Waals surface area contributed by atoms with Crippen molar-refractivity contribution in [3.05, 3.63) is 74.4 Å². The molecular formula is C24H29PS. The predicted molar refractivity (Wildman–Crippen MR) is 119 cm³/mol. The lowest BCUT2D eigenvalue weighted by Gasteiger charge is -2.41. The Morgan fingerprint density at radius 3 is 1.42 bits per heavy atom. The van der Waals surface area contributed by atoms with Crippen molar-refractivity contribution in [3.8, 4) is 0 Å². The molecule has 1 aromatic carbocycles. The van der Waals surface area contributed by atoms with Gasteiger partial charge in [0.05, 0.1) is 0 Å². The van der Waals surface area contributed by atoms with Gasteiger partial charge in [-0.05, 0) is 79.8 Å². The van der Waals surface area contributed by atoms with Crippen LogP contribution < -0.4 is 5.30 Å². The second-order valence-corrected chi connectivity index (χ2v) is 12.9. The van der Waals surface area contributed by atoms with Crippen LogP contribution in [0.15, 0.2) is 74.4 Å². The minimum Gasteiger partial charge on any atom is -0.0832 e. The molecule has 26 heavy (non-hydrogen) atoms. The fourth-order valence-corrected chi connectivity index (χ4v) is 13.0. The number of hydrogen-bond acceptors (Lipinski definition) is 1. The highest BCUT2D eigenvalue weighted by Crippen LogP contribution is 2.88. The van der Waals surface area contributed by atoms with Crippen LogP contribution >= 0.6 is 6.04 Å². The highest BCUT2D eigenvalue weighted by atomic mass is 32.4. The summed E-state index contributed by atoms with van der Waals surface area (Å²) >= 11 is 6.76. The summed E-state index contributed by atoms with van der Waals surface area (Å²) in [7, 11) is 0. The van der Waals surface area contributed by atoms with Crippen molar-refractivity contribution in [2.45, 2.75) is 55.4 Å². The molecule has 0 unspecified atom stereocenters.